The Kier molecular flexibility index (Phi) is 4.54. The van der Waals surface area contributed by atoms with E-state index in [1.165, 1.54) is 37.3 Å². The maximum Gasteiger partial charge on any atom is 0.127 e. The number of aliphatic hydroxyl groups is 1. The molecule has 1 aliphatic heterocycles. The molecule has 17 heavy (non-hydrogen) atoms. The van der Waals surface area contributed by atoms with Crippen LogP contribution in [0.5, 0.6) is 0 Å². The third-order valence-corrected chi connectivity index (χ3v) is 3.83. The Hall–Kier alpha value is -0.900. The number of piperazine rings is 1. The normalized spacial score (nSPS) is 24.8. The average molecular weight is 236 g/mol. The van der Waals surface area contributed by atoms with Gasteiger partial charge in [-0.25, -0.2) is 0 Å². The molecule has 3 heteroatoms. The van der Waals surface area contributed by atoms with Gasteiger partial charge in [-0.2, -0.15) is 0 Å². The average Bonchev–Trinajstić information content (AvgIpc) is 2.35. The number of quaternary nitrogens is 2. The number of nitrogens with one attached hydrogen (secondary N) is 2. The second-order valence-electron chi connectivity index (χ2n) is 5.08. The molecule has 0 spiro atoms. The first kappa shape index (κ1) is 12.6. The first-order valence-corrected chi connectivity index (χ1v) is 6.62. The van der Waals surface area contributed by atoms with E-state index >= 15 is 0 Å². The van der Waals surface area contributed by atoms with E-state index in [1.54, 1.807) is 9.80 Å². The molecular formula is C14H24N2O+2. The summed E-state index contributed by atoms with van der Waals surface area (Å²) in [4.78, 5) is 3.24. The number of aliphatic hydroxyl groups excluding tert-OH is 1. The van der Waals surface area contributed by atoms with Crippen LogP contribution in [0.2, 0.25) is 0 Å². The van der Waals surface area contributed by atoms with Crippen molar-refractivity contribution in [3.05, 3.63) is 35.4 Å². The molecule has 1 heterocycles. The van der Waals surface area contributed by atoms with Crippen molar-refractivity contribution in [1.29, 1.82) is 0 Å². The van der Waals surface area contributed by atoms with Crippen molar-refractivity contribution in [3.63, 3.8) is 0 Å². The molecule has 0 amide bonds. The van der Waals surface area contributed by atoms with Crippen molar-refractivity contribution >= 4 is 0 Å². The Morgan fingerprint density at radius 3 is 2.35 bits per heavy atom. The lowest BCUT2D eigenvalue weighted by molar-refractivity contribution is -1.02. The molecule has 1 aromatic rings. The molecule has 0 bridgehead atoms. The highest BCUT2D eigenvalue weighted by Gasteiger charge is 2.22. The number of hydrogen-bond acceptors (Lipinski definition) is 1. The summed E-state index contributed by atoms with van der Waals surface area (Å²) >= 11 is 0. The minimum atomic E-state index is 0.322. The zero-order valence-electron chi connectivity index (χ0n) is 10.7. The van der Waals surface area contributed by atoms with Gasteiger partial charge < -0.3 is 14.9 Å². The van der Waals surface area contributed by atoms with Gasteiger partial charge >= 0.3 is 0 Å². The molecule has 3 N–H and O–H groups in total. The molecule has 0 saturated carbocycles. The molecule has 0 aromatic heterocycles. The molecular weight excluding hydrogens is 212 g/mol. The predicted molar refractivity (Wildman–Crippen MR) is 68.2 cm³/mol. The zero-order valence-corrected chi connectivity index (χ0v) is 10.7. The molecule has 1 saturated heterocycles. The van der Waals surface area contributed by atoms with Crippen LogP contribution in [-0.4, -0.2) is 44.4 Å². The molecule has 3 nitrogen and oxygen atoms in total. The fraction of sp³-hybridized carbons (Fsp3) is 0.571. The first-order valence-electron chi connectivity index (χ1n) is 6.62. The Morgan fingerprint density at radius 2 is 1.71 bits per heavy atom. The number of rotatable bonds is 4. The highest BCUT2D eigenvalue weighted by Crippen LogP contribution is 2.04. The molecule has 0 atom stereocenters. The van der Waals surface area contributed by atoms with Crippen LogP contribution in [0, 0.1) is 6.92 Å². The maximum atomic E-state index is 8.93. The summed E-state index contributed by atoms with van der Waals surface area (Å²) in [6.07, 6.45) is 0. The monoisotopic (exact) mass is 236 g/mol. The SMILES string of the molecule is Cc1ccccc1C[NH+]1CC[NH+](CCO)CC1. The molecule has 0 unspecified atom stereocenters. The van der Waals surface area contributed by atoms with E-state index in [-0.39, 0.29) is 0 Å². The Bertz CT molecular complexity index is 346. The van der Waals surface area contributed by atoms with E-state index in [9.17, 15) is 0 Å². The molecule has 0 radical (unpaired) electrons. The fourth-order valence-corrected chi connectivity index (χ4v) is 2.62. The number of benzene rings is 1. The molecule has 94 valence electrons. The van der Waals surface area contributed by atoms with Crippen molar-refractivity contribution in [2.75, 3.05) is 39.3 Å². The van der Waals surface area contributed by atoms with Crippen molar-refractivity contribution < 1.29 is 14.9 Å². The molecule has 1 fully saturated rings. The van der Waals surface area contributed by atoms with Gasteiger partial charge in [-0.15, -0.1) is 0 Å². The largest absolute Gasteiger partial charge is 0.391 e. The summed E-state index contributed by atoms with van der Waals surface area (Å²) in [5.74, 6) is 0. The number of aryl methyl sites for hydroxylation is 1. The second-order valence-corrected chi connectivity index (χ2v) is 5.08. The van der Waals surface area contributed by atoms with Crippen LogP contribution >= 0.6 is 0 Å². The lowest BCUT2D eigenvalue weighted by atomic mass is 10.1. The van der Waals surface area contributed by atoms with Crippen molar-refractivity contribution in [2.24, 2.45) is 0 Å². The smallest absolute Gasteiger partial charge is 0.127 e. The summed E-state index contributed by atoms with van der Waals surface area (Å²) in [6, 6.07) is 8.68. The summed E-state index contributed by atoms with van der Waals surface area (Å²) < 4.78 is 0. The highest BCUT2D eigenvalue weighted by molar-refractivity contribution is 5.24. The van der Waals surface area contributed by atoms with E-state index in [4.69, 9.17) is 5.11 Å². The lowest BCUT2D eigenvalue weighted by Crippen LogP contribution is -3.27. The van der Waals surface area contributed by atoms with Gasteiger partial charge in [0.25, 0.3) is 0 Å². The third kappa shape index (κ3) is 3.53. The molecule has 1 aliphatic rings. The topological polar surface area (TPSA) is 29.1 Å². The second kappa shape index (κ2) is 6.15. The van der Waals surface area contributed by atoms with Gasteiger partial charge in [0.05, 0.1) is 6.61 Å². The van der Waals surface area contributed by atoms with Gasteiger partial charge in [0.1, 0.15) is 39.3 Å². The zero-order chi connectivity index (χ0) is 12.1. The van der Waals surface area contributed by atoms with Crippen molar-refractivity contribution in [2.45, 2.75) is 13.5 Å². The summed E-state index contributed by atoms with van der Waals surface area (Å²) in [5.41, 5.74) is 2.89. The van der Waals surface area contributed by atoms with E-state index < -0.39 is 0 Å². The fourth-order valence-electron chi connectivity index (χ4n) is 2.62. The van der Waals surface area contributed by atoms with Crippen LogP contribution in [0.25, 0.3) is 0 Å². The first-order chi connectivity index (χ1) is 8.29. The van der Waals surface area contributed by atoms with Crippen LogP contribution in [0.3, 0.4) is 0 Å². The quantitative estimate of drug-likeness (QED) is 0.570. The van der Waals surface area contributed by atoms with Gasteiger partial charge in [0, 0.05) is 5.56 Å². The summed E-state index contributed by atoms with van der Waals surface area (Å²) in [5, 5.41) is 8.93. The maximum absolute atomic E-state index is 8.93. The Balaban J connectivity index is 1.84. The minimum Gasteiger partial charge on any atom is -0.391 e. The van der Waals surface area contributed by atoms with Crippen LogP contribution in [0.4, 0.5) is 0 Å². The Labute approximate surface area is 104 Å². The highest BCUT2D eigenvalue weighted by atomic mass is 16.3. The van der Waals surface area contributed by atoms with E-state index in [1.807, 2.05) is 0 Å². The summed E-state index contributed by atoms with van der Waals surface area (Å²) in [6.45, 7) is 9.43. The lowest BCUT2D eigenvalue weighted by Gasteiger charge is -2.29. The standard InChI is InChI=1S/C14H22N2O/c1-13-4-2-3-5-14(13)12-16-8-6-15(7-9-16)10-11-17/h2-5,17H,6-12H2,1H3/p+2. The van der Waals surface area contributed by atoms with E-state index in [2.05, 4.69) is 31.2 Å². The Morgan fingerprint density at radius 1 is 1.06 bits per heavy atom. The van der Waals surface area contributed by atoms with Crippen molar-refractivity contribution in [3.8, 4) is 0 Å². The molecule has 2 rings (SSSR count). The van der Waals surface area contributed by atoms with Crippen LogP contribution in [0.15, 0.2) is 24.3 Å². The van der Waals surface area contributed by atoms with Gasteiger partial charge in [0.15, 0.2) is 0 Å². The van der Waals surface area contributed by atoms with Crippen LogP contribution in [-0.2, 0) is 6.54 Å². The van der Waals surface area contributed by atoms with Gasteiger partial charge in [-0.05, 0) is 12.5 Å². The van der Waals surface area contributed by atoms with Crippen LogP contribution < -0.4 is 9.80 Å². The third-order valence-electron chi connectivity index (χ3n) is 3.83. The van der Waals surface area contributed by atoms with Gasteiger partial charge in [0.2, 0.25) is 0 Å². The summed E-state index contributed by atoms with van der Waals surface area (Å²) in [7, 11) is 0. The van der Waals surface area contributed by atoms with Crippen molar-refractivity contribution in [1.82, 2.24) is 0 Å². The van der Waals surface area contributed by atoms with Crippen LogP contribution in [0.1, 0.15) is 11.1 Å². The predicted octanol–water partition coefficient (Wildman–Crippen LogP) is -1.73. The molecule has 0 aliphatic carbocycles. The van der Waals surface area contributed by atoms with Gasteiger partial charge in [-0.1, -0.05) is 24.3 Å². The van der Waals surface area contributed by atoms with E-state index in [0.717, 1.165) is 13.1 Å². The van der Waals surface area contributed by atoms with Gasteiger partial charge in [-0.3, -0.25) is 0 Å². The van der Waals surface area contributed by atoms with E-state index in [0.29, 0.717) is 6.61 Å². The molecule has 1 aromatic carbocycles. The minimum absolute atomic E-state index is 0.322. The number of hydrogen-bond donors (Lipinski definition) is 3.